The van der Waals surface area contributed by atoms with Gasteiger partial charge in [-0.2, -0.15) is 0 Å². The molecule has 1 spiro atoms. The zero-order valence-electron chi connectivity index (χ0n) is 10.0. The van der Waals surface area contributed by atoms with Gasteiger partial charge in [0.25, 0.3) is 0 Å². The van der Waals surface area contributed by atoms with Gasteiger partial charge in [-0.05, 0) is 26.2 Å². The van der Waals surface area contributed by atoms with Crippen LogP contribution in [-0.4, -0.2) is 31.8 Å². The summed E-state index contributed by atoms with van der Waals surface area (Å²) in [6.07, 6.45) is 5.38. The molecule has 0 aromatic heterocycles. The van der Waals surface area contributed by atoms with Crippen LogP contribution < -0.4 is 11.1 Å². The van der Waals surface area contributed by atoms with E-state index in [4.69, 9.17) is 10.5 Å². The molecule has 0 amide bonds. The zero-order valence-corrected chi connectivity index (χ0v) is 12.4. The fourth-order valence-corrected chi connectivity index (χ4v) is 2.88. The Hall–Kier alpha value is -0.0400. The highest BCUT2D eigenvalue weighted by Crippen LogP contribution is 2.57. The SMILES string of the molecule is CCOC1CC(NC(N)=NC)C12CCC2.I. The van der Waals surface area contributed by atoms with Crippen molar-refractivity contribution in [2.45, 2.75) is 44.8 Å². The number of guanidine groups is 1. The Kier molecular flexibility index (Phi) is 4.85. The van der Waals surface area contributed by atoms with Gasteiger partial charge in [-0.15, -0.1) is 24.0 Å². The van der Waals surface area contributed by atoms with Crippen molar-refractivity contribution in [1.82, 2.24) is 5.32 Å². The molecular formula is C11H22IN3O. The van der Waals surface area contributed by atoms with Crippen molar-refractivity contribution in [3.8, 4) is 0 Å². The van der Waals surface area contributed by atoms with Gasteiger partial charge in [0.2, 0.25) is 0 Å². The van der Waals surface area contributed by atoms with Gasteiger partial charge in [-0.25, -0.2) is 0 Å². The molecule has 4 nitrogen and oxygen atoms in total. The topological polar surface area (TPSA) is 59.6 Å². The van der Waals surface area contributed by atoms with Crippen molar-refractivity contribution in [2.24, 2.45) is 16.1 Å². The fraction of sp³-hybridized carbons (Fsp3) is 0.909. The van der Waals surface area contributed by atoms with Crippen molar-refractivity contribution in [3.05, 3.63) is 0 Å². The average molecular weight is 339 g/mol. The van der Waals surface area contributed by atoms with Gasteiger partial charge in [0.1, 0.15) is 0 Å². The van der Waals surface area contributed by atoms with E-state index in [-0.39, 0.29) is 24.0 Å². The van der Waals surface area contributed by atoms with Gasteiger partial charge in [0.15, 0.2) is 5.96 Å². The molecule has 0 aromatic carbocycles. The number of nitrogens with two attached hydrogens (primary N) is 1. The van der Waals surface area contributed by atoms with Crippen LogP contribution in [0.4, 0.5) is 0 Å². The van der Waals surface area contributed by atoms with Crippen molar-refractivity contribution in [3.63, 3.8) is 0 Å². The second kappa shape index (κ2) is 5.53. The molecule has 94 valence electrons. The molecule has 2 aliphatic carbocycles. The largest absolute Gasteiger partial charge is 0.378 e. The molecule has 5 heteroatoms. The summed E-state index contributed by atoms with van der Waals surface area (Å²) >= 11 is 0. The van der Waals surface area contributed by atoms with Gasteiger partial charge in [0.05, 0.1) is 6.10 Å². The number of nitrogens with one attached hydrogen (secondary N) is 1. The Labute approximate surface area is 114 Å². The Morgan fingerprint density at radius 1 is 1.56 bits per heavy atom. The highest BCUT2D eigenvalue weighted by atomic mass is 127. The summed E-state index contributed by atoms with van der Waals surface area (Å²) in [6.45, 7) is 2.88. The summed E-state index contributed by atoms with van der Waals surface area (Å²) in [7, 11) is 1.72. The average Bonchev–Trinajstić information content (AvgIpc) is 2.13. The van der Waals surface area contributed by atoms with E-state index in [9.17, 15) is 0 Å². The van der Waals surface area contributed by atoms with Crippen molar-refractivity contribution in [2.75, 3.05) is 13.7 Å². The first-order valence-electron chi connectivity index (χ1n) is 5.83. The molecule has 3 N–H and O–H groups in total. The third kappa shape index (κ3) is 2.16. The van der Waals surface area contributed by atoms with E-state index in [0.717, 1.165) is 13.0 Å². The number of ether oxygens (including phenoxy) is 1. The van der Waals surface area contributed by atoms with Crippen LogP contribution in [0, 0.1) is 5.41 Å². The number of rotatable bonds is 3. The highest BCUT2D eigenvalue weighted by molar-refractivity contribution is 14.0. The molecule has 0 aliphatic heterocycles. The number of halogens is 1. The normalized spacial score (nSPS) is 31.2. The van der Waals surface area contributed by atoms with Gasteiger partial charge in [-0.1, -0.05) is 6.42 Å². The molecule has 2 atom stereocenters. The van der Waals surface area contributed by atoms with Gasteiger partial charge in [0, 0.05) is 25.1 Å². The summed E-state index contributed by atoms with van der Waals surface area (Å²) < 4.78 is 5.76. The lowest BCUT2D eigenvalue weighted by molar-refractivity contribution is -0.168. The first kappa shape index (κ1) is 14.0. The van der Waals surface area contributed by atoms with E-state index in [1.165, 1.54) is 19.3 Å². The quantitative estimate of drug-likeness (QED) is 0.465. The molecule has 2 unspecified atom stereocenters. The Balaban J connectivity index is 0.00000128. The molecule has 0 saturated heterocycles. The molecule has 16 heavy (non-hydrogen) atoms. The molecule has 0 bridgehead atoms. The van der Waals surface area contributed by atoms with E-state index in [1.54, 1.807) is 7.05 Å². The summed E-state index contributed by atoms with van der Waals surface area (Å²) in [6, 6.07) is 0.478. The van der Waals surface area contributed by atoms with Gasteiger partial charge >= 0.3 is 0 Å². The van der Waals surface area contributed by atoms with Crippen LogP contribution in [0.1, 0.15) is 32.6 Å². The van der Waals surface area contributed by atoms with Crippen LogP contribution in [0.15, 0.2) is 4.99 Å². The molecule has 2 rings (SSSR count). The lowest BCUT2D eigenvalue weighted by Crippen LogP contribution is -2.68. The van der Waals surface area contributed by atoms with E-state index in [0.29, 0.717) is 23.5 Å². The first-order chi connectivity index (χ1) is 7.23. The standard InChI is InChI=1S/C11H21N3O.HI/c1-3-15-9-7-8(14-10(12)13-2)11(9)5-4-6-11;/h8-9H,3-7H2,1-2H3,(H3,12,13,14);1H. The van der Waals surface area contributed by atoms with Crippen molar-refractivity contribution in [1.29, 1.82) is 0 Å². The minimum Gasteiger partial charge on any atom is -0.378 e. The molecule has 2 aliphatic rings. The highest BCUT2D eigenvalue weighted by Gasteiger charge is 2.59. The number of nitrogens with zero attached hydrogens (tertiary/aromatic N) is 1. The summed E-state index contributed by atoms with van der Waals surface area (Å²) in [5.74, 6) is 0.557. The summed E-state index contributed by atoms with van der Waals surface area (Å²) in [4.78, 5) is 3.95. The Morgan fingerprint density at radius 2 is 2.25 bits per heavy atom. The van der Waals surface area contributed by atoms with Crippen molar-refractivity contribution >= 4 is 29.9 Å². The first-order valence-corrected chi connectivity index (χ1v) is 5.83. The molecule has 2 saturated carbocycles. The molecule has 0 radical (unpaired) electrons. The number of hydrogen-bond donors (Lipinski definition) is 2. The van der Waals surface area contributed by atoms with Crippen molar-refractivity contribution < 1.29 is 4.74 Å². The maximum Gasteiger partial charge on any atom is 0.188 e. The van der Waals surface area contributed by atoms with Crippen LogP contribution in [0.3, 0.4) is 0 Å². The predicted molar refractivity (Wildman–Crippen MR) is 76.2 cm³/mol. The number of hydrogen-bond acceptors (Lipinski definition) is 2. The lowest BCUT2D eigenvalue weighted by Gasteiger charge is -2.61. The third-order valence-corrected chi connectivity index (χ3v) is 4.00. The Morgan fingerprint density at radius 3 is 2.69 bits per heavy atom. The van der Waals surface area contributed by atoms with E-state index in [2.05, 4.69) is 17.2 Å². The van der Waals surface area contributed by atoms with Crippen LogP contribution in [0.25, 0.3) is 0 Å². The van der Waals surface area contributed by atoms with Crippen LogP contribution in [-0.2, 0) is 4.74 Å². The van der Waals surface area contributed by atoms with Gasteiger partial charge < -0.3 is 15.8 Å². The monoisotopic (exact) mass is 339 g/mol. The van der Waals surface area contributed by atoms with Crippen LogP contribution in [0.2, 0.25) is 0 Å². The minimum atomic E-state index is 0. The molecule has 0 heterocycles. The minimum absolute atomic E-state index is 0. The van der Waals surface area contributed by atoms with Crippen LogP contribution in [0.5, 0.6) is 0 Å². The van der Waals surface area contributed by atoms with E-state index in [1.807, 2.05) is 0 Å². The van der Waals surface area contributed by atoms with Gasteiger partial charge in [-0.3, -0.25) is 4.99 Å². The Bertz CT molecular complexity index is 266. The fourth-order valence-electron chi connectivity index (χ4n) is 2.88. The third-order valence-electron chi connectivity index (χ3n) is 4.00. The lowest BCUT2D eigenvalue weighted by atomic mass is 9.51. The maximum absolute atomic E-state index is 5.76. The molecular weight excluding hydrogens is 317 g/mol. The van der Waals surface area contributed by atoms with Crippen LogP contribution >= 0.6 is 24.0 Å². The molecule has 2 fully saturated rings. The molecule has 0 aromatic rings. The van der Waals surface area contributed by atoms with E-state index >= 15 is 0 Å². The smallest absolute Gasteiger partial charge is 0.188 e. The second-order valence-electron chi connectivity index (χ2n) is 4.57. The zero-order chi connectivity index (χ0) is 10.9. The summed E-state index contributed by atoms with van der Waals surface area (Å²) in [5.41, 5.74) is 6.07. The predicted octanol–water partition coefficient (Wildman–Crippen LogP) is 1.49. The summed E-state index contributed by atoms with van der Waals surface area (Å²) in [5, 5.41) is 3.29. The maximum atomic E-state index is 5.76. The number of aliphatic imine (C=N–C) groups is 1. The van der Waals surface area contributed by atoms with E-state index < -0.39 is 0 Å². The second-order valence-corrected chi connectivity index (χ2v) is 4.57.